The molecule has 1 saturated heterocycles. The first-order valence-electron chi connectivity index (χ1n) is 5.80. The number of halogens is 1. The van der Waals surface area contributed by atoms with Gasteiger partial charge >= 0.3 is 0 Å². The summed E-state index contributed by atoms with van der Waals surface area (Å²) in [7, 11) is 0. The largest absolute Gasteiger partial charge is 0.324 e. The highest BCUT2D eigenvalue weighted by molar-refractivity contribution is 9.10. The Balaban J connectivity index is 1.96. The lowest BCUT2D eigenvalue weighted by atomic mass is 9.92. The Morgan fingerprint density at radius 1 is 1.59 bits per heavy atom. The molecule has 17 heavy (non-hydrogen) atoms. The van der Waals surface area contributed by atoms with E-state index in [9.17, 15) is 4.79 Å². The van der Waals surface area contributed by atoms with Crippen LogP contribution in [0.3, 0.4) is 0 Å². The first-order chi connectivity index (χ1) is 8.15. The fourth-order valence-corrected chi connectivity index (χ4v) is 2.46. The summed E-state index contributed by atoms with van der Waals surface area (Å²) in [4.78, 5) is 16.1. The Morgan fingerprint density at radius 3 is 3.12 bits per heavy atom. The summed E-state index contributed by atoms with van der Waals surface area (Å²) in [5, 5.41) is 6.25. The molecular weight excluding hydrogens is 282 g/mol. The number of amides is 1. The summed E-state index contributed by atoms with van der Waals surface area (Å²) in [6.07, 6.45) is 5.15. The van der Waals surface area contributed by atoms with E-state index in [1.54, 1.807) is 12.4 Å². The molecule has 2 unspecified atom stereocenters. The number of carbonyl (C=O) groups is 1. The first-order valence-corrected chi connectivity index (χ1v) is 6.59. The van der Waals surface area contributed by atoms with Crippen molar-refractivity contribution in [3.05, 3.63) is 22.9 Å². The predicted octanol–water partition coefficient (Wildman–Crippen LogP) is 2.17. The van der Waals surface area contributed by atoms with Crippen molar-refractivity contribution in [3.8, 4) is 0 Å². The third-order valence-electron chi connectivity index (χ3n) is 2.97. The van der Waals surface area contributed by atoms with E-state index in [-0.39, 0.29) is 11.8 Å². The van der Waals surface area contributed by atoms with Gasteiger partial charge in [0, 0.05) is 22.6 Å². The van der Waals surface area contributed by atoms with Crippen molar-refractivity contribution in [1.82, 2.24) is 10.3 Å². The lowest BCUT2D eigenvalue weighted by Crippen LogP contribution is -2.40. The molecule has 2 heterocycles. The predicted molar refractivity (Wildman–Crippen MR) is 70.8 cm³/mol. The van der Waals surface area contributed by atoms with Crippen molar-refractivity contribution < 1.29 is 4.79 Å². The highest BCUT2D eigenvalue weighted by atomic mass is 79.9. The second-order valence-electron chi connectivity index (χ2n) is 4.46. The van der Waals surface area contributed by atoms with Gasteiger partial charge in [-0.1, -0.05) is 0 Å². The number of hydrogen-bond donors (Lipinski definition) is 2. The molecule has 1 aromatic rings. The van der Waals surface area contributed by atoms with Crippen LogP contribution in [-0.2, 0) is 4.79 Å². The van der Waals surface area contributed by atoms with Gasteiger partial charge in [0.05, 0.1) is 11.9 Å². The van der Waals surface area contributed by atoms with Gasteiger partial charge < -0.3 is 10.6 Å². The van der Waals surface area contributed by atoms with Crippen LogP contribution < -0.4 is 10.6 Å². The maximum absolute atomic E-state index is 12.0. The number of hydrogen-bond acceptors (Lipinski definition) is 3. The minimum Gasteiger partial charge on any atom is -0.324 e. The highest BCUT2D eigenvalue weighted by Gasteiger charge is 2.24. The topological polar surface area (TPSA) is 54.0 Å². The Bertz CT molecular complexity index is 410. The van der Waals surface area contributed by atoms with Gasteiger partial charge in [0.1, 0.15) is 0 Å². The Kier molecular flexibility index (Phi) is 4.12. The molecule has 1 aliphatic heterocycles. The standard InChI is InChI=1S/C12H16BrN3O/c1-8-4-9(2-3-15-8)12(17)16-11-5-10(13)6-14-7-11/h5-9,15H,2-4H2,1H3,(H,16,17). The molecule has 0 radical (unpaired) electrons. The molecule has 2 rings (SSSR count). The normalized spacial score (nSPS) is 24.4. The first kappa shape index (κ1) is 12.5. The van der Waals surface area contributed by atoms with Crippen LogP contribution in [0.5, 0.6) is 0 Å². The average Bonchev–Trinajstić information content (AvgIpc) is 2.29. The van der Waals surface area contributed by atoms with Crippen molar-refractivity contribution in [2.45, 2.75) is 25.8 Å². The Hall–Kier alpha value is -0.940. The Morgan fingerprint density at radius 2 is 2.41 bits per heavy atom. The molecule has 1 aromatic heterocycles. The van der Waals surface area contributed by atoms with Crippen LogP contribution in [0, 0.1) is 5.92 Å². The van der Waals surface area contributed by atoms with Crippen LogP contribution >= 0.6 is 15.9 Å². The average molecular weight is 298 g/mol. The maximum Gasteiger partial charge on any atom is 0.227 e. The maximum atomic E-state index is 12.0. The summed E-state index contributed by atoms with van der Waals surface area (Å²) in [5.41, 5.74) is 0.746. The molecule has 0 bridgehead atoms. The van der Waals surface area contributed by atoms with Crippen LogP contribution in [0.1, 0.15) is 19.8 Å². The lowest BCUT2D eigenvalue weighted by molar-refractivity contribution is -0.120. The Labute approximate surface area is 109 Å². The van der Waals surface area contributed by atoms with Crippen molar-refractivity contribution in [1.29, 1.82) is 0 Å². The second-order valence-corrected chi connectivity index (χ2v) is 5.37. The van der Waals surface area contributed by atoms with E-state index in [1.165, 1.54) is 0 Å². The molecular formula is C12H16BrN3O. The number of carbonyl (C=O) groups excluding carboxylic acids is 1. The van der Waals surface area contributed by atoms with Gasteiger partial charge in [-0.3, -0.25) is 9.78 Å². The smallest absolute Gasteiger partial charge is 0.227 e. The van der Waals surface area contributed by atoms with Crippen LogP contribution in [-0.4, -0.2) is 23.5 Å². The molecule has 1 aliphatic rings. The van der Waals surface area contributed by atoms with Gasteiger partial charge in [-0.15, -0.1) is 0 Å². The molecule has 92 valence electrons. The zero-order chi connectivity index (χ0) is 12.3. The minimum absolute atomic E-state index is 0.0956. The van der Waals surface area contributed by atoms with E-state index in [0.29, 0.717) is 6.04 Å². The molecule has 0 aliphatic carbocycles. The van der Waals surface area contributed by atoms with E-state index >= 15 is 0 Å². The van der Waals surface area contributed by atoms with E-state index in [1.807, 2.05) is 6.07 Å². The summed E-state index contributed by atoms with van der Waals surface area (Å²) < 4.78 is 0.869. The zero-order valence-corrected chi connectivity index (χ0v) is 11.3. The van der Waals surface area contributed by atoms with Crippen molar-refractivity contribution >= 4 is 27.5 Å². The fraction of sp³-hybridized carbons (Fsp3) is 0.500. The summed E-state index contributed by atoms with van der Waals surface area (Å²) in [6, 6.07) is 2.27. The van der Waals surface area contributed by atoms with Gasteiger partial charge in [-0.2, -0.15) is 0 Å². The minimum atomic E-state index is 0.0956. The molecule has 2 N–H and O–H groups in total. The molecule has 0 aromatic carbocycles. The van der Waals surface area contributed by atoms with Crippen LogP contribution in [0.25, 0.3) is 0 Å². The third kappa shape index (κ3) is 3.51. The number of anilines is 1. The van der Waals surface area contributed by atoms with E-state index in [0.717, 1.165) is 29.5 Å². The quantitative estimate of drug-likeness (QED) is 0.880. The van der Waals surface area contributed by atoms with Crippen LogP contribution in [0.2, 0.25) is 0 Å². The molecule has 5 heteroatoms. The number of pyridine rings is 1. The number of nitrogens with one attached hydrogen (secondary N) is 2. The van der Waals surface area contributed by atoms with Crippen molar-refractivity contribution in [3.63, 3.8) is 0 Å². The van der Waals surface area contributed by atoms with E-state index in [2.05, 4.69) is 38.5 Å². The molecule has 0 saturated carbocycles. The number of nitrogens with zero attached hydrogens (tertiary/aromatic N) is 1. The number of piperidine rings is 1. The molecule has 4 nitrogen and oxygen atoms in total. The van der Waals surface area contributed by atoms with E-state index in [4.69, 9.17) is 0 Å². The molecule has 0 spiro atoms. The summed E-state index contributed by atoms with van der Waals surface area (Å²) in [5.74, 6) is 0.198. The van der Waals surface area contributed by atoms with Crippen molar-refractivity contribution in [2.24, 2.45) is 5.92 Å². The summed E-state index contributed by atoms with van der Waals surface area (Å²) >= 11 is 3.33. The highest BCUT2D eigenvalue weighted by Crippen LogP contribution is 2.19. The van der Waals surface area contributed by atoms with Gasteiger partial charge in [-0.25, -0.2) is 0 Å². The summed E-state index contributed by atoms with van der Waals surface area (Å²) in [6.45, 7) is 3.02. The van der Waals surface area contributed by atoms with Gasteiger partial charge in [0.25, 0.3) is 0 Å². The van der Waals surface area contributed by atoms with Crippen LogP contribution in [0.4, 0.5) is 5.69 Å². The van der Waals surface area contributed by atoms with E-state index < -0.39 is 0 Å². The van der Waals surface area contributed by atoms with Crippen molar-refractivity contribution in [2.75, 3.05) is 11.9 Å². The van der Waals surface area contributed by atoms with Gasteiger partial charge in [-0.05, 0) is 48.3 Å². The van der Waals surface area contributed by atoms with Gasteiger partial charge in [0.2, 0.25) is 5.91 Å². The SMILES string of the molecule is CC1CC(C(=O)Nc2cncc(Br)c2)CCN1. The van der Waals surface area contributed by atoms with Gasteiger partial charge in [0.15, 0.2) is 0 Å². The zero-order valence-electron chi connectivity index (χ0n) is 9.74. The second kappa shape index (κ2) is 5.60. The monoisotopic (exact) mass is 297 g/mol. The molecule has 1 fully saturated rings. The third-order valence-corrected chi connectivity index (χ3v) is 3.40. The van der Waals surface area contributed by atoms with Crippen LogP contribution in [0.15, 0.2) is 22.9 Å². The molecule has 2 atom stereocenters. The fourth-order valence-electron chi connectivity index (χ4n) is 2.09. The number of aromatic nitrogens is 1. The molecule has 1 amide bonds. The number of rotatable bonds is 2. The lowest BCUT2D eigenvalue weighted by Gasteiger charge is -2.27.